The molecule has 1 atom stereocenters. The molecule has 0 aliphatic heterocycles. The van der Waals surface area contributed by atoms with Crippen molar-refractivity contribution in [3.63, 3.8) is 0 Å². The summed E-state index contributed by atoms with van der Waals surface area (Å²) >= 11 is 1.21. The number of thioether (sulfide) groups is 1. The number of benzene rings is 1. The molecule has 7 nitrogen and oxygen atoms in total. The van der Waals surface area contributed by atoms with Crippen LogP contribution in [0, 0.1) is 0 Å². The number of hydrogen-bond acceptors (Lipinski definition) is 6. The number of carbonyl (C=O) groups is 2. The van der Waals surface area contributed by atoms with Crippen molar-refractivity contribution < 1.29 is 18.0 Å². The second-order valence-electron chi connectivity index (χ2n) is 6.01. The Labute approximate surface area is 163 Å². The van der Waals surface area contributed by atoms with Crippen molar-refractivity contribution in [2.45, 2.75) is 29.0 Å². The Morgan fingerprint density at radius 1 is 1.19 bits per heavy atom. The zero-order valence-corrected chi connectivity index (χ0v) is 17.1. The number of aromatic nitrogens is 1. The number of ketones is 1. The summed E-state index contributed by atoms with van der Waals surface area (Å²) in [7, 11) is -0.636. The van der Waals surface area contributed by atoms with Crippen LogP contribution in [0.15, 0.2) is 52.5 Å². The van der Waals surface area contributed by atoms with Gasteiger partial charge in [-0.2, -0.15) is 0 Å². The van der Waals surface area contributed by atoms with Gasteiger partial charge in [-0.15, -0.1) is 0 Å². The summed E-state index contributed by atoms with van der Waals surface area (Å²) in [6.07, 6.45) is 1.28. The second kappa shape index (κ2) is 8.64. The van der Waals surface area contributed by atoms with E-state index >= 15 is 0 Å². The molecule has 9 heteroatoms. The molecule has 1 amide bonds. The van der Waals surface area contributed by atoms with Gasteiger partial charge in [0.15, 0.2) is 5.78 Å². The van der Waals surface area contributed by atoms with Gasteiger partial charge < -0.3 is 5.32 Å². The molecule has 1 unspecified atom stereocenters. The lowest BCUT2D eigenvalue weighted by atomic mass is 10.1. The Hall–Kier alpha value is -2.23. The van der Waals surface area contributed by atoms with E-state index in [1.807, 2.05) is 0 Å². The fraction of sp³-hybridized carbons (Fsp3) is 0.278. The lowest BCUT2D eigenvalue weighted by Crippen LogP contribution is -2.23. The van der Waals surface area contributed by atoms with Crippen LogP contribution in [0.25, 0.3) is 0 Å². The molecule has 2 rings (SSSR count). The van der Waals surface area contributed by atoms with E-state index < -0.39 is 15.3 Å². The molecule has 0 saturated carbocycles. The zero-order valence-electron chi connectivity index (χ0n) is 15.5. The molecule has 1 aromatic heterocycles. The third kappa shape index (κ3) is 5.38. The molecule has 0 saturated heterocycles. The van der Waals surface area contributed by atoms with Gasteiger partial charge in [-0.1, -0.05) is 23.9 Å². The molecule has 0 aliphatic rings. The molecule has 1 heterocycles. The first kappa shape index (κ1) is 21.1. The average molecular weight is 408 g/mol. The summed E-state index contributed by atoms with van der Waals surface area (Å²) < 4.78 is 25.2. The molecule has 1 N–H and O–H groups in total. The standard InChI is InChI=1S/C18H21N3O4S2/c1-12(22)14-6-5-7-15(10-14)20-18(23)13(2)26-17-9-8-16(11-19-17)27(24,25)21(3)4/h5-11,13H,1-4H3,(H,20,23). The van der Waals surface area contributed by atoms with E-state index in [1.165, 1.54) is 45.0 Å². The highest BCUT2D eigenvalue weighted by Gasteiger charge is 2.19. The predicted molar refractivity (Wildman–Crippen MR) is 106 cm³/mol. The maximum atomic E-state index is 12.4. The minimum atomic E-state index is -3.54. The molecule has 0 spiro atoms. The third-order valence-corrected chi connectivity index (χ3v) is 6.54. The Bertz CT molecular complexity index is 941. The number of carbonyl (C=O) groups excluding carboxylic acids is 2. The van der Waals surface area contributed by atoms with Crippen LogP contribution >= 0.6 is 11.8 Å². The Balaban J connectivity index is 2.04. The van der Waals surface area contributed by atoms with Gasteiger partial charge in [-0.25, -0.2) is 17.7 Å². The molecule has 0 radical (unpaired) electrons. The Morgan fingerprint density at radius 2 is 1.89 bits per heavy atom. The minimum Gasteiger partial charge on any atom is -0.325 e. The normalized spacial score (nSPS) is 12.6. The molecular formula is C18H21N3O4S2. The molecular weight excluding hydrogens is 386 g/mol. The van der Waals surface area contributed by atoms with Crippen LogP contribution in [0.2, 0.25) is 0 Å². The number of amides is 1. The number of hydrogen-bond donors (Lipinski definition) is 1. The fourth-order valence-corrected chi connectivity index (χ4v) is 3.73. The summed E-state index contributed by atoms with van der Waals surface area (Å²) in [6, 6.07) is 9.75. The van der Waals surface area contributed by atoms with Crippen LogP contribution in [-0.4, -0.2) is 48.7 Å². The van der Waals surface area contributed by atoms with Crippen molar-refractivity contribution in [2.24, 2.45) is 0 Å². The average Bonchev–Trinajstić information content (AvgIpc) is 2.62. The number of nitrogens with zero attached hydrogens (tertiary/aromatic N) is 2. The maximum Gasteiger partial charge on any atom is 0.244 e. The van der Waals surface area contributed by atoms with Gasteiger partial charge in [-0.05, 0) is 38.1 Å². The molecule has 144 valence electrons. The smallest absolute Gasteiger partial charge is 0.244 e. The molecule has 27 heavy (non-hydrogen) atoms. The summed E-state index contributed by atoms with van der Waals surface area (Å²) in [4.78, 5) is 28.0. The third-order valence-electron chi connectivity index (χ3n) is 3.69. The molecule has 1 aromatic carbocycles. The van der Waals surface area contributed by atoms with E-state index in [2.05, 4.69) is 10.3 Å². The van der Waals surface area contributed by atoms with E-state index in [0.29, 0.717) is 16.3 Å². The summed E-state index contributed by atoms with van der Waals surface area (Å²) in [5.74, 6) is -0.321. The van der Waals surface area contributed by atoms with Gasteiger partial charge in [0.1, 0.15) is 4.90 Å². The minimum absolute atomic E-state index is 0.0783. The van der Waals surface area contributed by atoms with Gasteiger partial charge in [0.2, 0.25) is 15.9 Å². The van der Waals surface area contributed by atoms with Crippen LogP contribution in [0.4, 0.5) is 5.69 Å². The van der Waals surface area contributed by atoms with Crippen LogP contribution in [0.3, 0.4) is 0 Å². The van der Waals surface area contributed by atoms with Gasteiger partial charge >= 0.3 is 0 Å². The Morgan fingerprint density at radius 3 is 2.44 bits per heavy atom. The molecule has 0 bridgehead atoms. The van der Waals surface area contributed by atoms with E-state index in [-0.39, 0.29) is 16.6 Å². The van der Waals surface area contributed by atoms with E-state index in [9.17, 15) is 18.0 Å². The number of rotatable bonds is 7. The largest absolute Gasteiger partial charge is 0.325 e. The highest BCUT2D eigenvalue weighted by atomic mass is 32.2. The quantitative estimate of drug-likeness (QED) is 0.560. The molecule has 0 aliphatic carbocycles. The fourth-order valence-electron chi connectivity index (χ4n) is 2.09. The predicted octanol–water partition coefficient (Wildman–Crippen LogP) is 2.65. The molecule has 2 aromatic rings. The second-order valence-corrected chi connectivity index (χ2v) is 9.52. The van der Waals surface area contributed by atoms with Crippen molar-refractivity contribution in [2.75, 3.05) is 19.4 Å². The lowest BCUT2D eigenvalue weighted by Gasteiger charge is -2.13. The van der Waals surface area contributed by atoms with Crippen LogP contribution in [0.5, 0.6) is 0 Å². The summed E-state index contributed by atoms with van der Waals surface area (Å²) in [5.41, 5.74) is 1.06. The lowest BCUT2D eigenvalue weighted by molar-refractivity contribution is -0.115. The number of Topliss-reactive ketones (excluding diaryl/α,β-unsaturated/α-hetero) is 1. The van der Waals surface area contributed by atoms with Crippen molar-refractivity contribution >= 4 is 39.2 Å². The van der Waals surface area contributed by atoms with E-state index in [1.54, 1.807) is 37.3 Å². The van der Waals surface area contributed by atoms with Gasteiger partial charge in [0.05, 0.1) is 10.3 Å². The summed E-state index contributed by atoms with van der Waals surface area (Å²) in [6.45, 7) is 3.19. The highest BCUT2D eigenvalue weighted by molar-refractivity contribution is 8.00. The Kier molecular flexibility index (Phi) is 6.74. The number of sulfonamides is 1. The van der Waals surface area contributed by atoms with Crippen molar-refractivity contribution in [1.82, 2.24) is 9.29 Å². The van der Waals surface area contributed by atoms with E-state index in [4.69, 9.17) is 0 Å². The maximum absolute atomic E-state index is 12.4. The first-order chi connectivity index (χ1) is 12.6. The highest BCUT2D eigenvalue weighted by Crippen LogP contribution is 2.24. The SMILES string of the molecule is CC(=O)c1cccc(NC(=O)C(C)Sc2ccc(S(=O)(=O)N(C)C)cn2)c1. The number of pyridine rings is 1. The van der Waals surface area contributed by atoms with Crippen LogP contribution < -0.4 is 5.32 Å². The van der Waals surface area contributed by atoms with Crippen molar-refractivity contribution in [3.05, 3.63) is 48.2 Å². The zero-order chi connectivity index (χ0) is 20.2. The van der Waals surface area contributed by atoms with Gasteiger partial charge in [-0.3, -0.25) is 9.59 Å². The van der Waals surface area contributed by atoms with Crippen molar-refractivity contribution in [1.29, 1.82) is 0 Å². The van der Waals surface area contributed by atoms with Gasteiger partial charge in [0, 0.05) is 31.5 Å². The van der Waals surface area contributed by atoms with Crippen molar-refractivity contribution in [3.8, 4) is 0 Å². The number of anilines is 1. The van der Waals surface area contributed by atoms with E-state index in [0.717, 1.165) is 4.31 Å². The first-order valence-electron chi connectivity index (χ1n) is 8.08. The van der Waals surface area contributed by atoms with Gasteiger partial charge in [0.25, 0.3) is 0 Å². The monoisotopic (exact) mass is 407 g/mol. The van der Waals surface area contributed by atoms with Crippen LogP contribution in [0.1, 0.15) is 24.2 Å². The summed E-state index contributed by atoms with van der Waals surface area (Å²) in [5, 5.41) is 2.84. The topological polar surface area (TPSA) is 96.4 Å². The molecule has 0 fully saturated rings. The van der Waals surface area contributed by atoms with Crippen LogP contribution in [-0.2, 0) is 14.8 Å². The number of nitrogens with one attached hydrogen (secondary N) is 1. The first-order valence-corrected chi connectivity index (χ1v) is 10.4.